The molecule has 2 N–H and O–H groups in total. The fourth-order valence-electron chi connectivity index (χ4n) is 2.96. The Morgan fingerprint density at radius 1 is 1.10 bits per heavy atom. The fraction of sp³-hybridized carbons (Fsp3) is 0.933. The van der Waals surface area contributed by atoms with Gasteiger partial charge >= 0.3 is 0 Å². The van der Waals surface area contributed by atoms with E-state index in [0.29, 0.717) is 12.6 Å². The van der Waals surface area contributed by atoms with Gasteiger partial charge < -0.3 is 15.4 Å². The van der Waals surface area contributed by atoms with Crippen LogP contribution in [0.15, 0.2) is 0 Å². The summed E-state index contributed by atoms with van der Waals surface area (Å²) in [6.07, 6.45) is 7.75. The third-order valence-corrected chi connectivity index (χ3v) is 4.26. The first-order valence-electron chi connectivity index (χ1n) is 8.15. The quantitative estimate of drug-likeness (QED) is 0.706. The molecule has 0 atom stereocenters. The zero-order valence-corrected chi connectivity index (χ0v) is 12.5. The third kappa shape index (κ3) is 6.20. The Kier molecular flexibility index (Phi) is 7.33. The lowest BCUT2D eigenvalue weighted by Gasteiger charge is -2.26. The summed E-state index contributed by atoms with van der Waals surface area (Å²) in [5.41, 5.74) is 0. The second kappa shape index (κ2) is 9.32. The van der Waals surface area contributed by atoms with Gasteiger partial charge in [-0.25, -0.2) is 0 Å². The van der Waals surface area contributed by atoms with Crippen LogP contribution in [0.25, 0.3) is 0 Å². The van der Waals surface area contributed by atoms with Crippen LogP contribution in [0.5, 0.6) is 0 Å². The van der Waals surface area contributed by atoms with Gasteiger partial charge in [0.25, 0.3) is 0 Å². The summed E-state index contributed by atoms with van der Waals surface area (Å²) in [5, 5.41) is 6.41. The number of hydrogen-bond acceptors (Lipinski definition) is 4. The summed E-state index contributed by atoms with van der Waals surface area (Å²) in [7, 11) is 0. The highest BCUT2D eigenvalue weighted by Gasteiger charge is 2.13. The van der Waals surface area contributed by atoms with E-state index >= 15 is 0 Å². The van der Waals surface area contributed by atoms with Crippen molar-refractivity contribution in [3.8, 4) is 0 Å². The summed E-state index contributed by atoms with van der Waals surface area (Å²) in [6, 6.07) is 0.544. The van der Waals surface area contributed by atoms with Crippen molar-refractivity contribution in [2.24, 2.45) is 0 Å². The minimum atomic E-state index is 0.127. The molecule has 20 heavy (non-hydrogen) atoms. The number of rotatable bonds is 6. The van der Waals surface area contributed by atoms with Crippen LogP contribution in [-0.4, -0.2) is 62.8 Å². The Balaban J connectivity index is 1.51. The van der Waals surface area contributed by atoms with Gasteiger partial charge in [0.15, 0.2) is 0 Å². The molecule has 1 heterocycles. The predicted octanol–water partition coefficient (Wildman–Crippen LogP) is 0.747. The van der Waals surface area contributed by atoms with E-state index in [-0.39, 0.29) is 5.91 Å². The number of nitrogens with one attached hydrogen (secondary N) is 2. The van der Waals surface area contributed by atoms with Gasteiger partial charge in [0.05, 0.1) is 19.8 Å². The van der Waals surface area contributed by atoms with Crippen molar-refractivity contribution in [3.63, 3.8) is 0 Å². The Labute approximate surface area is 122 Å². The first-order valence-corrected chi connectivity index (χ1v) is 8.15. The normalized spacial score (nSPS) is 22.4. The van der Waals surface area contributed by atoms with E-state index in [1.165, 1.54) is 38.5 Å². The molecule has 2 aliphatic rings. The Morgan fingerprint density at radius 2 is 1.80 bits per heavy atom. The molecule has 0 aromatic rings. The Morgan fingerprint density at radius 3 is 2.50 bits per heavy atom. The van der Waals surface area contributed by atoms with Crippen molar-refractivity contribution in [1.29, 1.82) is 0 Å². The summed E-state index contributed by atoms with van der Waals surface area (Å²) in [5.74, 6) is 0.127. The molecular formula is C15H29N3O2. The molecule has 0 spiro atoms. The number of amides is 1. The monoisotopic (exact) mass is 283 g/mol. The minimum Gasteiger partial charge on any atom is -0.379 e. The second-order valence-electron chi connectivity index (χ2n) is 5.87. The van der Waals surface area contributed by atoms with Crippen LogP contribution in [0, 0.1) is 0 Å². The zero-order valence-electron chi connectivity index (χ0n) is 12.5. The van der Waals surface area contributed by atoms with Crippen LogP contribution in [0.1, 0.15) is 38.5 Å². The summed E-state index contributed by atoms with van der Waals surface area (Å²) < 4.78 is 5.30. The van der Waals surface area contributed by atoms with E-state index in [9.17, 15) is 4.79 Å². The summed E-state index contributed by atoms with van der Waals surface area (Å²) in [4.78, 5) is 14.1. The van der Waals surface area contributed by atoms with E-state index in [1.54, 1.807) is 0 Å². The van der Waals surface area contributed by atoms with Gasteiger partial charge in [-0.05, 0) is 12.8 Å². The Hall–Kier alpha value is -0.650. The fourth-order valence-corrected chi connectivity index (χ4v) is 2.96. The van der Waals surface area contributed by atoms with Gasteiger partial charge in [-0.15, -0.1) is 0 Å². The van der Waals surface area contributed by atoms with E-state index in [2.05, 4.69) is 15.5 Å². The Bertz CT molecular complexity index is 272. The van der Waals surface area contributed by atoms with E-state index in [1.807, 2.05) is 0 Å². The maximum Gasteiger partial charge on any atom is 0.234 e. The molecule has 1 saturated carbocycles. The van der Waals surface area contributed by atoms with E-state index < -0.39 is 0 Å². The maximum atomic E-state index is 11.8. The smallest absolute Gasteiger partial charge is 0.234 e. The van der Waals surface area contributed by atoms with Crippen LogP contribution >= 0.6 is 0 Å². The van der Waals surface area contributed by atoms with Crippen LogP contribution < -0.4 is 10.6 Å². The molecule has 5 nitrogen and oxygen atoms in total. The van der Waals surface area contributed by atoms with Crippen molar-refractivity contribution in [1.82, 2.24) is 15.5 Å². The molecule has 0 aromatic carbocycles. The molecule has 1 saturated heterocycles. The molecule has 0 aromatic heterocycles. The number of carbonyl (C=O) groups excluding carboxylic acids is 1. The van der Waals surface area contributed by atoms with Gasteiger partial charge in [0, 0.05) is 32.2 Å². The molecule has 0 unspecified atom stereocenters. The lowest BCUT2D eigenvalue weighted by atomic mass is 10.1. The zero-order chi connectivity index (χ0) is 14.0. The molecule has 0 bridgehead atoms. The van der Waals surface area contributed by atoms with Gasteiger partial charge in [-0.2, -0.15) is 0 Å². The van der Waals surface area contributed by atoms with E-state index in [0.717, 1.165) is 39.4 Å². The molecule has 2 rings (SSSR count). The average molecular weight is 283 g/mol. The van der Waals surface area contributed by atoms with Crippen molar-refractivity contribution in [2.45, 2.75) is 44.6 Å². The molecule has 116 valence electrons. The van der Waals surface area contributed by atoms with E-state index in [4.69, 9.17) is 4.74 Å². The molecule has 1 amide bonds. The SMILES string of the molecule is O=C(CNC1CCCCCC1)NCCN1CCOCC1. The largest absolute Gasteiger partial charge is 0.379 e. The highest BCUT2D eigenvalue weighted by molar-refractivity contribution is 5.77. The standard InChI is InChI=1S/C15H29N3O2/c19-15(13-17-14-5-3-1-2-4-6-14)16-7-8-18-9-11-20-12-10-18/h14,17H,1-13H2,(H,16,19). The van der Waals surface area contributed by atoms with Crippen molar-refractivity contribution < 1.29 is 9.53 Å². The number of ether oxygens (including phenoxy) is 1. The number of morpholine rings is 1. The summed E-state index contributed by atoms with van der Waals surface area (Å²) in [6.45, 7) is 5.73. The minimum absolute atomic E-state index is 0.127. The van der Waals surface area contributed by atoms with Crippen LogP contribution in [0.3, 0.4) is 0 Å². The number of nitrogens with zero attached hydrogens (tertiary/aromatic N) is 1. The third-order valence-electron chi connectivity index (χ3n) is 4.26. The van der Waals surface area contributed by atoms with Gasteiger partial charge in [0.2, 0.25) is 5.91 Å². The predicted molar refractivity (Wildman–Crippen MR) is 79.8 cm³/mol. The van der Waals surface area contributed by atoms with Crippen LogP contribution in [-0.2, 0) is 9.53 Å². The van der Waals surface area contributed by atoms with Gasteiger partial charge in [-0.3, -0.25) is 9.69 Å². The number of carbonyl (C=O) groups is 1. The number of hydrogen-bond donors (Lipinski definition) is 2. The average Bonchev–Trinajstić information content (AvgIpc) is 2.75. The highest BCUT2D eigenvalue weighted by Crippen LogP contribution is 2.16. The maximum absolute atomic E-state index is 11.8. The van der Waals surface area contributed by atoms with Crippen molar-refractivity contribution in [3.05, 3.63) is 0 Å². The highest BCUT2D eigenvalue weighted by atomic mass is 16.5. The van der Waals surface area contributed by atoms with Crippen LogP contribution in [0.2, 0.25) is 0 Å². The van der Waals surface area contributed by atoms with Crippen LogP contribution in [0.4, 0.5) is 0 Å². The molecule has 0 radical (unpaired) electrons. The van der Waals surface area contributed by atoms with Gasteiger partial charge in [-0.1, -0.05) is 25.7 Å². The first kappa shape index (κ1) is 15.7. The lowest BCUT2D eigenvalue weighted by Crippen LogP contribution is -2.44. The second-order valence-corrected chi connectivity index (χ2v) is 5.87. The molecular weight excluding hydrogens is 254 g/mol. The van der Waals surface area contributed by atoms with Gasteiger partial charge in [0.1, 0.15) is 0 Å². The van der Waals surface area contributed by atoms with Crippen molar-refractivity contribution in [2.75, 3.05) is 45.9 Å². The molecule has 1 aliphatic heterocycles. The van der Waals surface area contributed by atoms with Crippen molar-refractivity contribution >= 4 is 5.91 Å². The molecule has 2 fully saturated rings. The summed E-state index contributed by atoms with van der Waals surface area (Å²) >= 11 is 0. The lowest BCUT2D eigenvalue weighted by molar-refractivity contribution is -0.120. The molecule has 1 aliphatic carbocycles. The molecule has 5 heteroatoms. The first-order chi connectivity index (χ1) is 9.84. The topological polar surface area (TPSA) is 53.6 Å².